The third-order valence-corrected chi connectivity index (χ3v) is 6.57. The number of benzene rings is 1. The third-order valence-electron chi connectivity index (χ3n) is 4.74. The van der Waals surface area contributed by atoms with Crippen LogP contribution in [0.25, 0.3) is 0 Å². The number of rotatable bonds is 4. The number of amides is 1. The molecule has 1 aromatic rings. The average molecular weight is 322 g/mol. The Balaban J connectivity index is 1.63. The summed E-state index contributed by atoms with van der Waals surface area (Å²) >= 11 is 0. The van der Waals surface area contributed by atoms with Gasteiger partial charge in [-0.15, -0.1) is 0 Å². The summed E-state index contributed by atoms with van der Waals surface area (Å²) in [5.41, 5.74) is 3.80. The van der Waals surface area contributed by atoms with Crippen LogP contribution in [-0.4, -0.2) is 44.6 Å². The smallest absolute Gasteiger partial charge is 0.227 e. The van der Waals surface area contributed by atoms with Crippen LogP contribution < -0.4 is 4.72 Å². The number of hydrogen-bond acceptors (Lipinski definition) is 3. The molecule has 120 valence electrons. The van der Waals surface area contributed by atoms with Gasteiger partial charge in [-0.3, -0.25) is 4.79 Å². The molecule has 3 rings (SSSR count). The van der Waals surface area contributed by atoms with Crippen molar-refractivity contribution >= 4 is 15.9 Å². The summed E-state index contributed by atoms with van der Waals surface area (Å²) in [6, 6.07) is 6.29. The number of carbonyl (C=O) groups excluding carboxylic acids is 1. The number of sulfonamides is 1. The Kier molecular flexibility index (Phi) is 4.23. The zero-order chi connectivity index (χ0) is 15.7. The summed E-state index contributed by atoms with van der Waals surface area (Å²) in [5, 5.41) is -0.485. The molecule has 1 fully saturated rings. The molecule has 0 radical (unpaired) electrons. The monoisotopic (exact) mass is 322 g/mol. The van der Waals surface area contributed by atoms with Gasteiger partial charge in [0.2, 0.25) is 15.9 Å². The van der Waals surface area contributed by atoms with Gasteiger partial charge in [0.05, 0.1) is 11.7 Å². The van der Waals surface area contributed by atoms with E-state index < -0.39 is 15.3 Å². The van der Waals surface area contributed by atoms with Gasteiger partial charge < -0.3 is 4.90 Å². The lowest BCUT2D eigenvalue weighted by Gasteiger charge is -2.17. The van der Waals surface area contributed by atoms with Crippen molar-refractivity contribution in [3.8, 4) is 0 Å². The Morgan fingerprint density at radius 1 is 1.32 bits per heavy atom. The van der Waals surface area contributed by atoms with Crippen LogP contribution in [0, 0.1) is 0 Å². The Bertz CT molecular complexity index is 685. The number of nitrogens with one attached hydrogen (secondary N) is 1. The molecule has 1 heterocycles. The van der Waals surface area contributed by atoms with E-state index >= 15 is 0 Å². The SMILES string of the molecule is CNS(=O)(=O)C1CCN(C(=O)Cc2ccc3c(c2)CCC3)C1. The molecule has 1 aromatic carbocycles. The Morgan fingerprint density at radius 2 is 2.09 bits per heavy atom. The van der Waals surface area contributed by atoms with Crippen LogP contribution in [0.2, 0.25) is 0 Å². The van der Waals surface area contributed by atoms with Gasteiger partial charge >= 0.3 is 0 Å². The quantitative estimate of drug-likeness (QED) is 0.894. The van der Waals surface area contributed by atoms with Gasteiger partial charge in [0.25, 0.3) is 0 Å². The van der Waals surface area contributed by atoms with Crippen molar-refractivity contribution in [3.63, 3.8) is 0 Å². The third kappa shape index (κ3) is 3.03. The number of likely N-dealkylation sites (tertiary alicyclic amines) is 1. The number of aryl methyl sites for hydroxylation is 2. The van der Waals surface area contributed by atoms with Crippen molar-refractivity contribution in [1.82, 2.24) is 9.62 Å². The summed E-state index contributed by atoms with van der Waals surface area (Å²) in [6.07, 6.45) is 4.31. The zero-order valence-electron chi connectivity index (χ0n) is 12.8. The van der Waals surface area contributed by atoms with E-state index in [1.54, 1.807) is 4.90 Å². The number of nitrogens with zero attached hydrogens (tertiary/aromatic N) is 1. The van der Waals surface area contributed by atoms with Crippen LogP contribution in [0.4, 0.5) is 0 Å². The molecule has 1 saturated heterocycles. The molecule has 2 aliphatic rings. The molecule has 1 aliphatic heterocycles. The standard InChI is InChI=1S/C16H22N2O3S/c1-17-22(20,21)15-7-8-18(11-15)16(19)10-12-5-6-13-3-2-4-14(13)9-12/h5-6,9,15,17H,2-4,7-8,10-11H2,1H3. The Morgan fingerprint density at radius 3 is 2.86 bits per heavy atom. The van der Waals surface area contributed by atoms with Crippen molar-refractivity contribution in [1.29, 1.82) is 0 Å². The summed E-state index contributed by atoms with van der Waals surface area (Å²) in [6.45, 7) is 0.822. The molecular formula is C16H22N2O3S. The molecule has 22 heavy (non-hydrogen) atoms. The highest BCUT2D eigenvalue weighted by Gasteiger charge is 2.34. The highest BCUT2D eigenvalue weighted by molar-refractivity contribution is 7.90. The van der Waals surface area contributed by atoms with Crippen molar-refractivity contribution in [2.75, 3.05) is 20.1 Å². The maximum atomic E-state index is 12.4. The molecule has 1 atom stereocenters. The van der Waals surface area contributed by atoms with E-state index in [2.05, 4.69) is 16.9 Å². The molecule has 5 nitrogen and oxygen atoms in total. The summed E-state index contributed by atoms with van der Waals surface area (Å²) < 4.78 is 26.0. The highest BCUT2D eigenvalue weighted by atomic mass is 32.2. The molecular weight excluding hydrogens is 300 g/mol. The number of carbonyl (C=O) groups is 1. The Hall–Kier alpha value is -1.40. The first-order valence-electron chi connectivity index (χ1n) is 7.80. The fraction of sp³-hybridized carbons (Fsp3) is 0.562. The van der Waals surface area contributed by atoms with Crippen LogP contribution >= 0.6 is 0 Å². The van der Waals surface area contributed by atoms with Crippen molar-refractivity contribution in [2.45, 2.75) is 37.4 Å². The lowest BCUT2D eigenvalue weighted by Crippen LogP contribution is -2.36. The first-order valence-corrected chi connectivity index (χ1v) is 9.35. The highest BCUT2D eigenvalue weighted by Crippen LogP contribution is 2.24. The predicted octanol–water partition coefficient (Wildman–Crippen LogP) is 0.868. The number of fused-ring (bicyclic) bond motifs is 1. The van der Waals surface area contributed by atoms with Gasteiger partial charge in [0, 0.05) is 13.1 Å². The van der Waals surface area contributed by atoms with E-state index in [1.807, 2.05) is 6.07 Å². The molecule has 0 bridgehead atoms. The molecule has 0 spiro atoms. The maximum absolute atomic E-state index is 12.4. The molecule has 0 aromatic heterocycles. The molecule has 6 heteroatoms. The first kappa shape index (κ1) is 15.5. The molecule has 1 aliphatic carbocycles. The van der Waals surface area contributed by atoms with Gasteiger partial charge in [0.1, 0.15) is 0 Å². The Labute approximate surface area is 131 Å². The van der Waals surface area contributed by atoms with Gasteiger partial charge in [-0.05, 0) is 49.4 Å². The molecule has 1 N–H and O–H groups in total. The summed E-state index contributed by atoms with van der Waals surface area (Å²) in [5.74, 6) is 0.0201. The van der Waals surface area contributed by atoms with Gasteiger partial charge in [0.15, 0.2) is 0 Å². The second-order valence-corrected chi connectivity index (χ2v) is 8.30. The van der Waals surface area contributed by atoms with E-state index in [1.165, 1.54) is 24.6 Å². The van der Waals surface area contributed by atoms with Crippen molar-refractivity contribution in [3.05, 3.63) is 34.9 Å². The minimum atomic E-state index is -3.29. The van der Waals surface area contributed by atoms with Crippen LogP contribution in [-0.2, 0) is 34.1 Å². The van der Waals surface area contributed by atoms with Crippen LogP contribution in [0.15, 0.2) is 18.2 Å². The first-order chi connectivity index (χ1) is 10.5. The van der Waals surface area contributed by atoms with Gasteiger partial charge in [-0.2, -0.15) is 0 Å². The lowest BCUT2D eigenvalue weighted by atomic mass is 10.0. The molecule has 1 amide bonds. The van der Waals surface area contributed by atoms with E-state index in [-0.39, 0.29) is 5.91 Å². The topological polar surface area (TPSA) is 66.5 Å². The van der Waals surface area contributed by atoms with Crippen LogP contribution in [0.1, 0.15) is 29.5 Å². The van der Waals surface area contributed by atoms with E-state index in [4.69, 9.17) is 0 Å². The normalized spacial score (nSPS) is 21.1. The summed E-state index contributed by atoms with van der Waals surface area (Å²) in [7, 11) is -1.87. The van der Waals surface area contributed by atoms with Crippen LogP contribution in [0.5, 0.6) is 0 Å². The van der Waals surface area contributed by atoms with E-state index in [0.717, 1.165) is 18.4 Å². The maximum Gasteiger partial charge on any atom is 0.227 e. The largest absolute Gasteiger partial charge is 0.341 e. The second kappa shape index (κ2) is 6.01. The van der Waals surface area contributed by atoms with Crippen LogP contribution in [0.3, 0.4) is 0 Å². The van der Waals surface area contributed by atoms with E-state index in [9.17, 15) is 13.2 Å². The predicted molar refractivity (Wildman–Crippen MR) is 85.1 cm³/mol. The minimum absolute atomic E-state index is 0.0201. The fourth-order valence-electron chi connectivity index (χ4n) is 3.40. The second-order valence-electron chi connectivity index (χ2n) is 6.13. The minimum Gasteiger partial charge on any atom is -0.341 e. The molecule has 0 saturated carbocycles. The lowest BCUT2D eigenvalue weighted by molar-refractivity contribution is -0.129. The van der Waals surface area contributed by atoms with Crippen molar-refractivity contribution < 1.29 is 13.2 Å². The zero-order valence-corrected chi connectivity index (χ0v) is 13.7. The molecule has 1 unspecified atom stereocenters. The summed E-state index contributed by atoms with van der Waals surface area (Å²) in [4.78, 5) is 14.1. The van der Waals surface area contributed by atoms with Crippen molar-refractivity contribution in [2.24, 2.45) is 0 Å². The average Bonchev–Trinajstić information content (AvgIpc) is 3.16. The fourth-order valence-corrected chi connectivity index (χ4v) is 4.52. The van der Waals surface area contributed by atoms with Gasteiger partial charge in [-0.25, -0.2) is 13.1 Å². The van der Waals surface area contributed by atoms with Gasteiger partial charge in [-0.1, -0.05) is 18.2 Å². The van der Waals surface area contributed by atoms with E-state index in [0.29, 0.717) is 25.9 Å². The number of hydrogen-bond donors (Lipinski definition) is 1.